The maximum atomic E-state index is 13.1. The lowest BCUT2D eigenvalue weighted by Crippen LogP contribution is -2.41. The van der Waals surface area contributed by atoms with Crippen molar-refractivity contribution in [2.24, 2.45) is 0 Å². The Hall–Kier alpha value is -3.51. The number of anilines is 1. The number of aromatic nitrogens is 1. The van der Waals surface area contributed by atoms with Gasteiger partial charge in [0.25, 0.3) is 5.91 Å². The van der Waals surface area contributed by atoms with Gasteiger partial charge in [0.15, 0.2) is 0 Å². The number of para-hydroxylation sites is 1. The third-order valence-electron chi connectivity index (χ3n) is 5.36. The Bertz CT molecular complexity index is 1250. The minimum Gasteiger partial charge on any atom is -0.341 e. The van der Waals surface area contributed by atoms with Gasteiger partial charge in [-0.2, -0.15) is 0 Å². The van der Waals surface area contributed by atoms with Gasteiger partial charge in [0.1, 0.15) is 5.01 Å². The fourth-order valence-electron chi connectivity index (χ4n) is 3.84. The van der Waals surface area contributed by atoms with Gasteiger partial charge in [0.05, 0.1) is 16.1 Å². The van der Waals surface area contributed by atoms with Crippen LogP contribution in [0.1, 0.15) is 21.8 Å². The topological polar surface area (TPSA) is 62.3 Å². The zero-order valence-corrected chi connectivity index (χ0v) is 17.1. The first kappa shape index (κ1) is 18.5. The van der Waals surface area contributed by atoms with E-state index in [1.165, 1.54) is 0 Å². The Kier molecular flexibility index (Phi) is 4.56. The number of nitrogens with zero attached hydrogens (tertiary/aromatic N) is 2. The molecule has 2 heterocycles. The van der Waals surface area contributed by atoms with Crippen LogP contribution in [0.25, 0.3) is 20.8 Å². The van der Waals surface area contributed by atoms with Crippen molar-refractivity contribution >= 4 is 39.1 Å². The van der Waals surface area contributed by atoms with E-state index in [9.17, 15) is 9.59 Å². The number of rotatable bonds is 3. The van der Waals surface area contributed by atoms with Crippen molar-refractivity contribution in [3.8, 4) is 10.6 Å². The maximum Gasteiger partial charge on any atom is 0.253 e. The van der Waals surface area contributed by atoms with Gasteiger partial charge in [0.2, 0.25) is 5.91 Å². The first-order valence-corrected chi connectivity index (χ1v) is 10.5. The van der Waals surface area contributed by atoms with Gasteiger partial charge in [-0.1, -0.05) is 42.5 Å². The number of likely N-dealkylation sites (N-methyl/N-ethyl adjacent to an activating group) is 1. The SMILES string of the molecule is CN1CC(C(=O)Nc2cccc(-c3nc4ccccc4s3)c2)c2ccccc2C1=O. The van der Waals surface area contributed by atoms with Gasteiger partial charge in [-0.05, 0) is 35.9 Å². The Morgan fingerprint density at radius 1 is 1.07 bits per heavy atom. The summed E-state index contributed by atoms with van der Waals surface area (Å²) in [5, 5.41) is 3.95. The summed E-state index contributed by atoms with van der Waals surface area (Å²) in [7, 11) is 1.73. The lowest BCUT2D eigenvalue weighted by Gasteiger charge is -2.31. The lowest BCUT2D eigenvalue weighted by atomic mass is 9.89. The van der Waals surface area contributed by atoms with Gasteiger partial charge in [0, 0.05) is 30.4 Å². The average Bonchev–Trinajstić information content (AvgIpc) is 3.21. The number of hydrogen-bond donors (Lipinski definition) is 1. The summed E-state index contributed by atoms with van der Waals surface area (Å²) in [6, 6.07) is 23.1. The summed E-state index contributed by atoms with van der Waals surface area (Å²) in [5.41, 5.74) is 4.02. The van der Waals surface area contributed by atoms with Crippen molar-refractivity contribution < 1.29 is 9.59 Å². The van der Waals surface area contributed by atoms with Crippen LogP contribution in [0.3, 0.4) is 0 Å². The molecule has 5 rings (SSSR count). The molecule has 0 saturated carbocycles. The van der Waals surface area contributed by atoms with Crippen molar-refractivity contribution in [2.75, 3.05) is 18.9 Å². The summed E-state index contributed by atoms with van der Waals surface area (Å²) < 4.78 is 1.13. The average molecular weight is 414 g/mol. The molecule has 6 heteroatoms. The first-order chi connectivity index (χ1) is 14.6. The van der Waals surface area contributed by atoms with Gasteiger partial charge in [-0.25, -0.2) is 4.98 Å². The summed E-state index contributed by atoms with van der Waals surface area (Å²) in [5.74, 6) is -0.578. The molecule has 3 aromatic carbocycles. The summed E-state index contributed by atoms with van der Waals surface area (Å²) in [6.07, 6.45) is 0. The highest BCUT2D eigenvalue weighted by atomic mass is 32.1. The van der Waals surface area contributed by atoms with Crippen molar-refractivity contribution in [1.82, 2.24) is 9.88 Å². The molecule has 1 unspecified atom stereocenters. The molecule has 2 amide bonds. The minimum atomic E-state index is -0.407. The largest absolute Gasteiger partial charge is 0.341 e. The number of fused-ring (bicyclic) bond motifs is 2. The molecule has 148 valence electrons. The highest BCUT2D eigenvalue weighted by molar-refractivity contribution is 7.21. The fraction of sp³-hybridized carbons (Fsp3) is 0.125. The van der Waals surface area contributed by atoms with E-state index in [0.717, 1.165) is 26.4 Å². The number of carbonyl (C=O) groups is 2. The van der Waals surface area contributed by atoms with Crippen molar-refractivity contribution in [2.45, 2.75) is 5.92 Å². The third kappa shape index (κ3) is 3.25. The number of carbonyl (C=O) groups excluding carboxylic acids is 2. The molecule has 0 radical (unpaired) electrons. The molecule has 4 aromatic rings. The molecule has 1 aromatic heterocycles. The second-order valence-corrected chi connectivity index (χ2v) is 8.41. The third-order valence-corrected chi connectivity index (χ3v) is 6.44. The van der Waals surface area contributed by atoms with Gasteiger partial charge in [-0.15, -0.1) is 11.3 Å². The number of nitrogens with one attached hydrogen (secondary N) is 1. The fourth-order valence-corrected chi connectivity index (χ4v) is 4.80. The lowest BCUT2D eigenvalue weighted by molar-refractivity contribution is -0.117. The van der Waals surface area contributed by atoms with E-state index in [1.807, 2.05) is 60.7 Å². The van der Waals surface area contributed by atoms with Crippen molar-refractivity contribution in [3.05, 3.63) is 83.9 Å². The van der Waals surface area contributed by atoms with E-state index < -0.39 is 5.92 Å². The predicted octanol–water partition coefficient (Wildman–Crippen LogP) is 4.77. The highest BCUT2D eigenvalue weighted by Gasteiger charge is 2.33. The summed E-state index contributed by atoms with van der Waals surface area (Å²) in [4.78, 5) is 31.8. The number of amides is 2. The van der Waals surface area contributed by atoms with Crippen LogP contribution in [0.15, 0.2) is 72.8 Å². The monoisotopic (exact) mass is 413 g/mol. The zero-order valence-electron chi connectivity index (χ0n) is 16.3. The van der Waals surface area contributed by atoms with E-state index >= 15 is 0 Å². The number of benzene rings is 3. The Labute approximate surface area is 178 Å². The molecular formula is C24H19N3O2S. The first-order valence-electron chi connectivity index (χ1n) is 9.71. The van der Waals surface area contributed by atoms with Crippen LogP contribution in [0.2, 0.25) is 0 Å². The smallest absolute Gasteiger partial charge is 0.253 e. The molecule has 5 nitrogen and oxygen atoms in total. The van der Waals surface area contributed by atoms with Crippen LogP contribution in [0.5, 0.6) is 0 Å². The van der Waals surface area contributed by atoms with Crippen molar-refractivity contribution in [1.29, 1.82) is 0 Å². The van der Waals surface area contributed by atoms with E-state index in [1.54, 1.807) is 29.4 Å². The normalized spacial score (nSPS) is 15.8. The van der Waals surface area contributed by atoms with Crippen molar-refractivity contribution in [3.63, 3.8) is 0 Å². The zero-order chi connectivity index (χ0) is 20.7. The van der Waals surface area contributed by atoms with Crippen LogP contribution in [-0.2, 0) is 4.79 Å². The molecule has 0 spiro atoms. The summed E-state index contributed by atoms with van der Waals surface area (Å²) in [6.45, 7) is 0.360. The second-order valence-electron chi connectivity index (χ2n) is 7.38. The molecule has 1 aliphatic rings. The van der Waals surface area contributed by atoms with Crippen LogP contribution >= 0.6 is 11.3 Å². The predicted molar refractivity (Wildman–Crippen MR) is 120 cm³/mol. The van der Waals surface area contributed by atoms with Gasteiger partial charge >= 0.3 is 0 Å². The maximum absolute atomic E-state index is 13.1. The van der Waals surface area contributed by atoms with Crippen LogP contribution < -0.4 is 5.32 Å². The van der Waals surface area contributed by atoms with Gasteiger partial charge in [-0.3, -0.25) is 9.59 Å². The van der Waals surface area contributed by atoms with Crippen LogP contribution in [-0.4, -0.2) is 35.3 Å². The molecule has 0 aliphatic carbocycles. The van der Waals surface area contributed by atoms with E-state index in [0.29, 0.717) is 17.8 Å². The van der Waals surface area contributed by atoms with Gasteiger partial charge < -0.3 is 10.2 Å². The molecule has 0 saturated heterocycles. The van der Waals surface area contributed by atoms with Crippen LogP contribution in [0, 0.1) is 0 Å². The van der Waals surface area contributed by atoms with Crippen LogP contribution in [0.4, 0.5) is 5.69 Å². The Morgan fingerprint density at radius 2 is 1.87 bits per heavy atom. The van der Waals surface area contributed by atoms with E-state index in [4.69, 9.17) is 4.98 Å². The minimum absolute atomic E-state index is 0.0486. The quantitative estimate of drug-likeness (QED) is 0.526. The number of thiazole rings is 1. The molecule has 0 bridgehead atoms. The van der Waals surface area contributed by atoms with E-state index in [2.05, 4.69) is 11.4 Å². The molecule has 0 fully saturated rings. The Balaban J connectivity index is 1.42. The second kappa shape index (κ2) is 7.39. The highest BCUT2D eigenvalue weighted by Crippen LogP contribution is 2.32. The van der Waals surface area contributed by atoms with E-state index in [-0.39, 0.29) is 11.8 Å². The number of hydrogen-bond acceptors (Lipinski definition) is 4. The summed E-state index contributed by atoms with van der Waals surface area (Å²) >= 11 is 1.63. The Morgan fingerprint density at radius 3 is 2.73 bits per heavy atom. The molecule has 30 heavy (non-hydrogen) atoms. The standard InChI is InChI=1S/C24H19N3O2S/c1-27-14-19(17-9-2-3-10-18(17)24(27)29)22(28)25-16-8-6-7-15(13-16)23-26-20-11-4-5-12-21(20)30-23/h2-13,19H,14H2,1H3,(H,25,28). The molecule has 1 aliphatic heterocycles. The molecule has 1 atom stereocenters. The molecule has 1 N–H and O–H groups in total. The molecular weight excluding hydrogens is 394 g/mol.